The van der Waals surface area contributed by atoms with Gasteiger partial charge in [0.25, 0.3) is 0 Å². The topological polar surface area (TPSA) is 87.3 Å². The van der Waals surface area contributed by atoms with Crippen molar-refractivity contribution in [3.8, 4) is 11.3 Å². The molecule has 2 N–H and O–H groups in total. The molecule has 2 fully saturated rings. The van der Waals surface area contributed by atoms with Crippen molar-refractivity contribution < 1.29 is 13.2 Å². The molecular formula is C17H22N4O3S. The molecule has 2 aliphatic rings. The molecule has 0 radical (unpaired) electrons. The molecule has 2 saturated heterocycles. The smallest absolute Gasteiger partial charge is 0.243 e. The Morgan fingerprint density at radius 1 is 1.20 bits per heavy atom. The zero-order valence-electron chi connectivity index (χ0n) is 13.9. The van der Waals surface area contributed by atoms with Crippen LogP contribution in [-0.4, -0.2) is 62.3 Å². The molecule has 7 nitrogen and oxygen atoms in total. The molecule has 1 unspecified atom stereocenters. The van der Waals surface area contributed by atoms with E-state index in [0.29, 0.717) is 37.1 Å². The lowest BCUT2D eigenvalue weighted by Gasteiger charge is -2.26. The zero-order valence-corrected chi connectivity index (χ0v) is 14.8. The summed E-state index contributed by atoms with van der Waals surface area (Å²) >= 11 is 0. The van der Waals surface area contributed by atoms with Crippen molar-refractivity contribution in [2.24, 2.45) is 0 Å². The third kappa shape index (κ3) is 3.35. The Bertz CT molecular complexity index is 837. The number of aromatic amines is 1. The van der Waals surface area contributed by atoms with E-state index in [2.05, 4.69) is 15.5 Å². The number of hydrogen-bond acceptors (Lipinski definition) is 5. The lowest BCUT2D eigenvalue weighted by Crippen LogP contribution is -2.40. The van der Waals surface area contributed by atoms with Crippen LogP contribution >= 0.6 is 0 Å². The lowest BCUT2D eigenvalue weighted by atomic mass is 10.0. The van der Waals surface area contributed by atoms with Gasteiger partial charge in [0, 0.05) is 36.8 Å². The van der Waals surface area contributed by atoms with E-state index in [0.717, 1.165) is 36.5 Å². The monoisotopic (exact) mass is 362 g/mol. The van der Waals surface area contributed by atoms with Crippen molar-refractivity contribution in [3.05, 3.63) is 36.0 Å². The van der Waals surface area contributed by atoms with Crippen LogP contribution in [-0.2, 0) is 14.8 Å². The van der Waals surface area contributed by atoms with Gasteiger partial charge in [-0.15, -0.1) is 0 Å². The minimum atomic E-state index is -3.50. The van der Waals surface area contributed by atoms with E-state index < -0.39 is 10.0 Å². The van der Waals surface area contributed by atoms with Crippen molar-refractivity contribution in [1.82, 2.24) is 19.8 Å². The molecule has 0 amide bonds. The summed E-state index contributed by atoms with van der Waals surface area (Å²) in [5.74, 6) is 0.446. The maximum Gasteiger partial charge on any atom is 0.243 e. The van der Waals surface area contributed by atoms with Gasteiger partial charge in [-0.2, -0.15) is 9.40 Å². The van der Waals surface area contributed by atoms with Gasteiger partial charge >= 0.3 is 0 Å². The van der Waals surface area contributed by atoms with Crippen molar-refractivity contribution in [2.45, 2.75) is 17.2 Å². The number of rotatable bonds is 4. The average molecular weight is 362 g/mol. The minimum Gasteiger partial charge on any atom is -0.379 e. The zero-order chi connectivity index (χ0) is 17.3. The summed E-state index contributed by atoms with van der Waals surface area (Å²) in [5.41, 5.74) is 2.69. The first-order valence-electron chi connectivity index (χ1n) is 8.59. The van der Waals surface area contributed by atoms with Gasteiger partial charge in [-0.25, -0.2) is 8.42 Å². The molecule has 25 heavy (non-hydrogen) atoms. The van der Waals surface area contributed by atoms with Crippen LogP contribution in [0.2, 0.25) is 0 Å². The number of nitrogens with one attached hydrogen (secondary N) is 2. The van der Waals surface area contributed by atoms with Gasteiger partial charge in [-0.1, -0.05) is 12.1 Å². The molecule has 0 aliphatic carbocycles. The molecule has 1 aromatic carbocycles. The molecule has 8 heteroatoms. The van der Waals surface area contributed by atoms with Crippen molar-refractivity contribution in [3.63, 3.8) is 0 Å². The molecular weight excluding hydrogens is 340 g/mol. The highest BCUT2D eigenvalue weighted by Crippen LogP contribution is 2.27. The van der Waals surface area contributed by atoms with E-state index in [-0.39, 0.29) is 0 Å². The van der Waals surface area contributed by atoms with Crippen molar-refractivity contribution in [2.75, 3.05) is 39.4 Å². The molecule has 3 heterocycles. The Labute approximate surface area is 147 Å². The highest BCUT2D eigenvalue weighted by molar-refractivity contribution is 7.89. The predicted molar refractivity (Wildman–Crippen MR) is 93.8 cm³/mol. The second kappa shape index (κ2) is 6.87. The molecule has 1 atom stereocenters. The Balaban J connectivity index is 1.61. The van der Waals surface area contributed by atoms with Crippen molar-refractivity contribution in [1.29, 1.82) is 0 Å². The Kier molecular flexibility index (Phi) is 4.60. The molecule has 2 aliphatic heterocycles. The van der Waals surface area contributed by atoms with E-state index in [4.69, 9.17) is 4.74 Å². The Hall–Kier alpha value is -1.74. The molecule has 0 bridgehead atoms. The first-order valence-corrected chi connectivity index (χ1v) is 10.0. The van der Waals surface area contributed by atoms with Crippen LogP contribution in [0.5, 0.6) is 0 Å². The fourth-order valence-corrected chi connectivity index (χ4v) is 4.82. The number of sulfonamides is 1. The third-order valence-electron chi connectivity index (χ3n) is 4.84. The van der Waals surface area contributed by atoms with E-state index in [1.807, 2.05) is 12.1 Å². The molecule has 0 saturated carbocycles. The number of hydrogen-bond donors (Lipinski definition) is 2. The number of benzene rings is 1. The average Bonchev–Trinajstić information content (AvgIpc) is 3.34. The Morgan fingerprint density at radius 2 is 2.04 bits per heavy atom. The van der Waals surface area contributed by atoms with E-state index in [1.165, 1.54) is 4.31 Å². The van der Waals surface area contributed by atoms with Gasteiger partial charge < -0.3 is 10.1 Å². The summed E-state index contributed by atoms with van der Waals surface area (Å²) in [4.78, 5) is 0.305. The quantitative estimate of drug-likeness (QED) is 0.853. The summed E-state index contributed by atoms with van der Waals surface area (Å²) in [6.07, 6.45) is 1.09. The number of nitrogens with zero attached hydrogens (tertiary/aromatic N) is 2. The van der Waals surface area contributed by atoms with Gasteiger partial charge in [0.1, 0.15) is 0 Å². The summed E-state index contributed by atoms with van der Waals surface area (Å²) in [6.45, 7) is 3.65. The highest BCUT2D eigenvalue weighted by atomic mass is 32.2. The van der Waals surface area contributed by atoms with Gasteiger partial charge in [-0.05, 0) is 31.2 Å². The fraction of sp³-hybridized carbons (Fsp3) is 0.471. The largest absolute Gasteiger partial charge is 0.379 e. The number of morpholine rings is 1. The van der Waals surface area contributed by atoms with Crippen LogP contribution < -0.4 is 5.32 Å². The summed E-state index contributed by atoms with van der Waals surface area (Å²) in [5, 5.41) is 10.8. The summed E-state index contributed by atoms with van der Waals surface area (Å²) in [6, 6.07) is 9.04. The van der Waals surface area contributed by atoms with E-state index in [1.54, 1.807) is 18.2 Å². The van der Waals surface area contributed by atoms with Crippen LogP contribution in [0.1, 0.15) is 18.0 Å². The van der Waals surface area contributed by atoms with Gasteiger partial charge in [0.15, 0.2) is 0 Å². The van der Waals surface area contributed by atoms with Gasteiger partial charge in [-0.3, -0.25) is 5.10 Å². The molecule has 2 aromatic rings. The SMILES string of the molecule is O=S(=O)(c1cccc(-c2cc(C3CCNC3)[nH]n2)c1)N1CCOCC1. The maximum absolute atomic E-state index is 12.8. The molecule has 134 valence electrons. The van der Waals surface area contributed by atoms with E-state index in [9.17, 15) is 8.42 Å². The molecule has 4 rings (SSSR count). The first-order chi connectivity index (χ1) is 12.1. The summed E-state index contributed by atoms with van der Waals surface area (Å²) in [7, 11) is -3.50. The predicted octanol–water partition coefficient (Wildman–Crippen LogP) is 1.17. The number of H-pyrrole nitrogens is 1. The maximum atomic E-state index is 12.8. The lowest BCUT2D eigenvalue weighted by molar-refractivity contribution is 0.0730. The first kappa shape index (κ1) is 16.7. The van der Waals surface area contributed by atoms with Crippen LogP contribution in [0, 0.1) is 0 Å². The second-order valence-corrected chi connectivity index (χ2v) is 8.38. The molecule has 0 spiro atoms. The van der Waals surface area contributed by atoms with Crippen molar-refractivity contribution >= 4 is 10.0 Å². The standard InChI is InChI=1S/C17H22N4O3S/c22-25(23,21-6-8-24-9-7-21)15-3-1-2-13(10-15)16-11-17(20-19-16)14-4-5-18-12-14/h1-3,10-11,14,18H,4-9,12H2,(H,19,20). The van der Waals surface area contributed by atoms with Crippen LogP contribution in [0.4, 0.5) is 0 Å². The molecule has 1 aromatic heterocycles. The fourth-order valence-electron chi connectivity index (χ4n) is 3.37. The normalized spacial score (nSPS) is 22.3. The third-order valence-corrected chi connectivity index (χ3v) is 6.73. The van der Waals surface area contributed by atoms with Crippen LogP contribution in [0.15, 0.2) is 35.2 Å². The number of aromatic nitrogens is 2. The summed E-state index contributed by atoms with van der Waals surface area (Å²) < 4.78 is 32.4. The van der Waals surface area contributed by atoms with E-state index >= 15 is 0 Å². The van der Waals surface area contributed by atoms with Crippen LogP contribution in [0.3, 0.4) is 0 Å². The van der Waals surface area contributed by atoms with Gasteiger partial charge in [0.2, 0.25) is 10.0 Å². The Morgan fingerprint density at radius 3 is 2.80 bits per heavy atom. The van der Waals surface area contributed by atoms with Gasteiger partial charge in [0.05, 0.1) is 23.8 Å². The highest BCUT2D eigenvalue weighted by Gasteiger charge is 2.27. The number of ether oxygens (including phenoxy) is 1. The second-order valence-electron chi connectivity index (χ2n) is 6.44. The van der Waals surface area contributed by atoms with Crippen LogP contribution in [0.25, 0.3) is 11.3 Å². The minimum absolute atomic E-state index is 0.305.